The van der Waals surface area contributed by atoms with Gasteiger partial charge in [-0.25, -0.2) is 0 Å². The summed E-state index contributed by atoms with van der Waals surface area (Å²) in [5, 5.41) is 0. The van der Waals surface area contributed by atoms with E-state index >= 15 is 0 Å². The quantitative estimate of drug-likeness (QED) is 0.489. The molecule has 1 aliphatic rings. The number of aryl methyl sites for hydroxylation is 1. The number of esters is 1. The van der Waals surface area contributed by atoms with Crippen molar-refractivity contribution in [1.82, 2.24) is 0 Å². The van der Waals surface area contributed by atoms with Gasteiger partial charge in [-0.15, -0.1) is 0 Å². The summed E-state index contributed by atoms with van der Waals surface area (Å²) in [6, 6.07) is 5.51. The van der Waals surface area contributed by atoms with Gasteiger partial charge in [0, 0.05) is 10.0 Å². The van der Waals surface area contributed by atoms with Crippen LogP contribution in [0.15, 0.2) is 22.7 Å². The molecular weight excluding hydrogens is 284 g/mol. The maximum absolute atomic E-state index is 12.4. The van der Waals surface area contributed by atoms with Crippen molar-refractivity contribution in [2.75, 3.05) is 7.11 Å². The van der Waals surface area contributed by atoms with E-state index in [1.54, 1.807) is 6.07 Å². The van der Waals surface area contributed by atoms with Crippen LogP contribution in [0.4, 0.5) is 0 Å². The van der Waals surface area contributed by atoms with Gasteiger partial charge in [-0.3, -0.25) is 9.59 Å². The van der Waals surface area contributed by atoms with Crippen molar-refractivity contribution < 1.29 is 14.3 Å². The van der Waals surface area contributed by atoms with E-state index in [9.17, 15) is 9.59 Å². The summed E-state index contributed by atoms with van der Waals surface area (Å²) in [6.07, 6.45) is 1.18. The number of halogens is 1. The third-order valence-electron chi connectivity index (χ3n) is 3.21. The Kier molecular flexibility index (Phi) is 3.08. The monoisotopic (exact) mass is 296 g/mol. The van der Waals surface area contributed by atoms with Crippen LogP contribution in [0, 0.1) is 12.3 Å². The van der Waals surface area contributed by atoms with Crippen molar-refractivity contribution >= 4 is 27.7 Å². The Labute approximate surface area is 108 Å². The number of rotatable bonds is 3. The van der Waals surface area contributed by atoms with Crippen LogP contribution in [0.3, 0.4) is 0 Å². The Hall–Kier alpha value is -1.16. The highest BCUT2D eigenvalue weighted by molar-refractivity contribution is 9.10. The molecule has 2 rings (SSSR count). The van der Waals surface area contributed by atoms with E-state index in [1.165, 1.54) is 7.11 Å². The second-order valence-corrected chi connectivity index (χ2v) is 5.28. The summed E-state index contributed by atoms with van der Waals surface area (Å²) in [7, 11) is 1.32. The van der Waals surface area contributed by atoms with Crippen LogP contribution >= 0.6 is 15.9 Å². The van der Waals surface area contributed by atoms with E-state index in [0.29, 0.717) is 18.4 Å². The molecule has 0 aliphatic heterocycles. The van der Waals surface area contributed by atoms with Gasteiger partial charge in [-0.1, -0.05) is 22.0 Å². The molecule has 1 saturated carbocycles. The SMILES string of the molecule is COC(=O)C1(C(=O)c2cc(Br)ccc2C)CC1. The topological polar surface area (TPSA) is 43.4 Å². The maximum atomic E-state index is 12.4. The second-order valence-electron chi connectivity index (χ2n) is 4.36. The fourth-order valence-corrected chi connectivity index (χ4v) is 2.30. The second kappa shape index (κ2) is 4.26. The van der Waals surface area contributed by atoms with Gasteiger partial charge in [0.2, 0.25) is 0 Å². The minimum atomic E-state index is -0.916. The zero-order chi connectivity index (χ0) is 12.6. The number of Topliss-reactive ketones (excluding diaryl/α,β-unsaturated/α-hetero) is 1. The van der Waals surface area contributed by atoms with Crippen LogP contribution in [0.1, 0.15) is 28.8 Å². The molecule has 3 nitrogen and oxygen atoms in total. The van der Waals surface area contributed by atoms with Gasteiger partial charge in [-0.05, 0) is 37.5 Å². The van der Waals surface area contributed by atoms with Gasteiger partial charge >= 0.3 is 5.97 Å². The molecule has 4 heteroatoms. The van der Waals surface area contributed by atoms with Crippen molar-refractivity contribution in [2.45, 2.75) is 19.8 Å². The molecule has 1 aromatic rings. The summed E-state index contributed by atoms with van der Waals surface area (Å²) < 4.78 is 5.56. The van der Waals surface area contributed by atoms with Gasteiger partial charge < -0.3 is 4.74 Å². The Morgan fingerprint density at radius 2 is 2.00 bits per heavy atom. The molecule has 1 fully saturated rings. The number of ketones is 1. The van der Waals surface area contributed by atoms with Gasteiger partial charge in [0.15, 0.2) is 5.78 Å². The van der Waals surface area contributed by atoms with Crippen LogP contribution in [-0.4, -0.2) is 18.9 Å². The van der Waals surface area contributed by atoms with Crippen LogP contribution in [0.2, 0.25) is 0 Å². The smallest absolute Gasteiger partial charge is 0.319 e. The van der Waals surface area contributed by atoms with Gasteiger partial charge in [0.25, 0.3) is 0 Å². The first-order valence-corrected chi connectivity index (χ1v) is 6.20. The third kappa shape index (κ3) is 2.02. The van der Waals surface area contributed by atoms with Gasteiger partial charge in [0.1, 0.15) is 5.41 Å². The number of hydrogen-bond donors (Lipinski definition) is 0. The van der Waals surface area contributed by atoms with Crippen LogP contribution in [-0.2, 0) is 9.53 Å². The molecule has 0 bridgehead atoms. The lowest BCUT2D eigenvalue weighted by molar-refractivity contribution is -0.145. The Balaban J connectivity index is 2.38. The maximum Gasteiger partial charge on any atom is 0.319 e. The number of methoxy groups -OCH3 is 1. The standard InChI is InChI=1S/C13H13BrO3/c1-8-3-4-9(14)7-10(8)11(15)13(5-6-13)12(16)17-2/h3-4,7H,5-6H2,1-2H3. The van der Waals surface area contributed by atoms with Gasteiger partial charge in [-0.2, -0.15) is 0 Å². The Morgan fingerprint density at radius 3 is 2.53 bits per heavy atom. The molecule has 0 spiro atoms. The predicted molar refractivity (Wildman–Crippen MR) is 66.9 cm³/mol. The fourth-order valence-electron chi connectivity index (χ4n) is 1.94. The number of carbonyl (C=O) groups is 2. The minimum Gasteiger partial charge on any atom is -0.468 e. The van der Waals surface area contributed by atoms with Crippen LogP contribution in [0.25, 0.3) is 0 Å². The number of carbonyl (C=O) groups excluding carboxylic acids is 2. The zero-order valence-electron chi connectivity index (χ0n) is 9.75. The van der Waals surface area contributed by atoms with E-state index in [2.05, 4.69) is 15.9 Å². The first kappa shape index (κ1) is 12.3. The molecule has 0 aromatic heterocycles. The molecule has 0 radical (unpaired) electrons. The lowest BCUT2D eigenvalue weighted by Gasteiger charge is -2.13. The first-order valence-electron chi connectivity index (χ1n) is 5.40. The normalized spacial score (nSPS) is 16.4. The van der Waals surface area contributed by atoms with E-state index in [1.807, 2.05) is 19.1 Å². The number of ether oxygens (including phenoxy) is 1. The fraction of sp³-hybridized carbons (Fsp3) is 0.385. The number of hydrogen-bond acceptors (Lipinski definition) is 3. The molecule has 0 unspecified atom stereocenters. The van der Waals surface area contributed by atoms with E-state index in [-0.39, 0.29) is 5.78 Å². The Bertz CT molecular complexity index is 489. The lowest BCUT2D eigenvalue weighted by atomic mass is 9.92. The zero-order valence-corrected chi connectivity index (χ0v) is 11.3. The largest absolute Gasteiger partial charge is 0.468 e. The molecule has 1 aromatic carbocycles. The molecule has 0 saturated heterocycles. The summed E-state index contributed by atoms with van der Waals surface area (Å²) in [5.41, 5.74) is 0.566. The highest BCUT2D eigenvalue weighted by atomic mass is 79.9. The molecule has 17 heavy (non-hydrogen) atoms. The summed E-state index contributed by atoms with van der Waals surface area (Å²) in [5.74, 6) is -0.537. The van der Waals surface area contributed by atoms with Gasteiger partial charge in [0.05, 0.1) is 7.11 Å². The van der Waals surface area contributed by atoms with Crippen molar-refractivity contribution in [3.63, 3.8) is 0 Å². The lowest BCUT2D eigenvalue weighted by Crippen LogP contribution is -2.27. The molecular formula is C13H13BrO3. The Morgan fingerprint density at radius 1 is 1.35 bits per heavy atom. The highest BCUT2D eigenvalue weighted by Gasteiger charge is 2.57. The van der Waals surface area contributed by atoms with E-state index in [0.717, 1.165) is 10.0 Å². The minimum absolute atomic E-state index is 0.122. The average molecular weight is 297 g/mol. The highest BCUT2D eigenvalue weighted by Crippen LogP contribution is 2.49. The van der Waals surface area contributed by atoms with Crippen molar-refractivity contribution in [2.24, 2.45) is 5.41 Å². The molecule has 1 aliphatic carbocycles. The van der Waals surface area contributed by atoms with Crippen LogP contribution in [0.5, 0.6) is 0 Å². The number of benzene rings is 1. The average Bonchev–Trinajstić information content (AvgIpc) is 3.11. The van der Waals surface area contributed by atoms with Crippen molar-refractivity contribution in [3.05, 3.63) is 33.8 Å². The third-order valence-corrected chi connectivity index (χ3v) is 3.70. The van der Waals surface area contributed by atoms with E-state index in [4.69, 9.17) is 4.74 Å². The van der Waals surface area contributed by atoms with Crippen LogP contribution < -0.4 is 0 Å². The molecule has 0 heterocycles. The molecule has 0 atom stereocenters. The predicted octanol–water partition coefficient (Wildman–Crippen LogP) is 2.89. The summed E-state index contributed by atoms with van der Waals surface area (Å²) >= 11 is 3.34. The summed E-state index contributed by atoms with van der Waals surface area (Å²) in [6.45, 7) is 1.87. The van der Waals surface area contributed by atoms with Crippen molar-refractivity contribution in [3.8, 4) is 0 Å². The summed E-state index contributed by atoms with van der Waals surface area (Å²) in [4.78, 5) is 24.0. The van der Waals surface area contributed by atoms with E-state index < -0.39 is 11.4 Å². The molecule has 0 amide bonds. The molecule has 90 valence electrons. The first-order chi connectivity index (χ1) is 8.01. The van der Waals surface area contributed by atoms with Crippen molar-refractivity contribution in [1.29, 1.82) is 0 Å². The molecule has 0 N–H and O–H groups in total.